The van der Waals surface area contributed by atoms with Gasteiger partial charge in [-0.2, -0.15) is 0 Å². The summed E-state index contributed by atoms with van der Waals surface area (Å²) in [5.41, 5.74) is 1.01. The quantitative estimate of drug-likeness (QED) is 0.573. The predicted octanol–water partition coefficient (Wildman–Crippen LogP) is 2.93. The molecule has 0 aromatic heterocycles. The molecule has 1 atom stereocenters. The van der Waals surface area contributed by atoms with Crippen LogP contribution in [0.1, 0.15) is 37.9 Å². The Hall–Kier alpha value is -1.46. The van der Waals surface area contributed by atoms with Gasteiger partial charge in [0.05, 0.1) is 19.3 Å². The van der Waals surface area contributed by atoms with E-state index in [0.29, 0.717) is 19.6 Å². The molecule has 22 heavy (non-hydrogen) atoms. The minimum Gasteiger partial charge on any atom is -0.466 e. The number of halogens is 1. The summed E-state index contributed by atoms with van der Waals surface area (Å²) in [6, 6.07) is 6.50. The van der Waals surface area contributed by atoms with Gasteiger partial charge in [0, 0.05) is 19.5 Å². The number of nitrogens with zero attached hydrogens (tertiary/aromatic N) is 1. The van der Waals surface area contributed by atoms with Crippen LogP contribution < -0.4 is 0 Å². The Bertz CT molecular complexity index is 463. The van der Waals surface area contributed by atoms with Crippen LogP contribution in [0.4, 0.5) is 4.39 Å². The summed E-state index contributed by atoms with van der Waals surface area (Å²) in [5.74, 6) is -0.343. The maximum Gasteiger partial charge on any atom is 0.305 e. The van der Waals surface area contributed by atoms with Crippen molar-refractivity contribution in [2.45, 2.75) is 32.3 Å². The van der Waals surface area contributed by atoms with Gasteiger partial charge in [0.1, 0.15) is 5.82 Å². The molecule has 2 rings (SSSR count). The Morgan fingerprint density at radius 1 is 1.36 bits per heavy atom. The Morgan fingerprint density at radius 2 is 2.14 bits per heavy atom. The first-order valence-electron chi connectivity index (χ1n) is 7.94. The van der Waals surface area contributed by atoms with E-state index in [-0.39, 0.29) is 17.9 Å². The number of rotatable bonds is 7. The molecule has 0 spiro atoms. The van der Waals surface area contributed by atoms with Gasteiger partial charge in [-0.25, -0.2) is 4.39 Å². The highest BCUT2D eigenvalue weighted by Crippen LogP contribution is 2.22. The van der Waals surface area contributed by atoms with Crippen LogP contribution in [0.2, 0.25) is 0 Å². The highest BCUT2D eigenvalue weighted by atomic mass is 19.1. The minimum absolute atomic E-state index is 0.000549. The molecule has 0 saturated carbocycles. The Morgan fingerprint density at radius 3 is 2.86 bits per heavy atom. The van der Waals surface area contributed by atoms with Crippen LogP contribution >= 0.6 is 0 Å². The molecule has 0 aliphatic carbocycles. The smallest absolute Gasteiger partial charge is 0.305 e. The molecule has 0 N–H and O–H groups in total. The third-order valence-electron chi connectivity index (χ3n) is 3.80. The van der Waals surface area contributed by atoms with E-state index >= 15 is 0 Å². The zero-order chi connectivity index (χ0) is 15.8. The maximum atomic E-state index is 13.0. The van der Waals surface area contributed by atoms with E-state index in [1.807, 2.05) is 6.92 Å². The summed E-state index contributed by atoms with van der Waals surface area (Å²) >= 11 is 0. The second-order valence-electron chi connectivity index (χ2n) is 5.47. The number of hydrogen-bond acceptors (Lipinski definition) is 4. The van der Waals surface area contributed by atoms with Crippen molar-refractivity contribution in [3.63, 3.8) is 0 Å². The number of esters is 1. The SMILES string of the molecule is CCOC(=O)CCCCN1CCO[C@@H](c2ccc(F)cc2)C1. The summed E-state index contributed by atoms with van der Waals surface area (Å²) in [6.45, 7) is 5.60. The molecule has 1 aliphatic heterocycles. The summed E-state index contributed by atoms with van der Waals surface area (Å²) in [4.78, 5) is 13.6. The molecule has 0 bridgehead atoms. The second-order valence-corrected chi connectivity index (χ2v) is 5.47. The van der Waals surface area contributed by atoms with Gasteiger partial charge in [0.15, 0.2) is 0 Å². The van der Waals surface area contributed by atoms with Crippen LogP contribution in [0.3, 0.4) is 0 Å². The third kappa shape index (κ3) is 5.39. The van der Waals surface area contributed by atoms with Crippen LogP contribution in [-0.4, -0.2) is 43.7 Å². The average molecular weight is 309 g/mol. The molecule has 1 saturated heterocycles. The number of unbranched alkanes of at least 4 members (excludes halogenated alkanes) is 1. The molecule has 4 nitrogen and oxygen atoms in total. The molecule has 0 amide bonds. The fourth-order valence-corrected chi connectivity index (χ4v) is 2.62. The van der Waals surface area contributed by atoms with E-state index in [9.17, 15) is 9.18 Å². The van der Waals surface area contributed by atoms with Crippen LogP contribution in [0.25, 0.3) is 0 Å². The molecular weight excluding hydrogens is 285 g/mol. The summed E-state index contributed by atoms with van der Waals surface area (Å²) in [7, 11) is 0. The lowest BCUT2D eigenvalue weighted by Crippen LogP contribution is -2.38. The van der Waals surface area contributed by atoms with Crippen molar-refractivity contribution >= 4 is 5.97 Å². The van der Waals surface area contributed by atoms with E-state index in [2.05, 4.69) is 4.90 Å². The highest BCUT2D eigenvalue weighted by molar-refractivity contribution is 5.69. The lowest BCUT2D eigenvalue weighted by molar-refractivity contribution is -0.143. The molecule has 1 aliphatic rings. The van der Waals surface area contributed by atoms with Crippen molar-refractivity contribution in [2.75, 3.05) is 32.8 Å². The predicted molar refractivity (Wildman–Crippen MR) is 82.0 cm³/mol. The normalized spacial score (nSPS) is 19.1. The number of morpholine rings is 1. The van der Waals surface area contributed by atoms with Crippen molar-refractivity contribution in [1.29, 1.82) is 0 Å². The third-order valence-corrected chi connectivity index (χ3v) is 3.80. The van der Waals surface area contributed by atoms with Crippen molar-refractivity contribution in [3.8, 4) is 0 Å². The average Bonchev–Trinajstić information content (AvgIpc) is 2.53. The van der Waals surface area contributed by atoms with Gasteiger partial charge in [-0.05, 0) is 44.0 Å². The van der Waals surface area contributed by atoms with Crippen molar-refractivity contribution in [3.05, 3.63) is 35.6 Å². The van der Waals surface area contributed by atoms with Crippen molar-refractivity contribution < 1.29 is 18.7 Å². The molecule has 1 aromatic rings. The summed E-state index contributed by atoms with van der Waals surface area (Å²) in [5, 5.41) is 0. The van der Waals surface area contributed by atoms with Crippen LogP contribution in [0, 0.1) is 5.82 Å². The zero-order valence-corrected chi connectivity index (χ0v) is 13.1. The number of carbonyl (C=O) groups is 1. The van der Waals surface area contributed by atoms with Crippen LogP contribution in [-0.2, 0) is 14.3 Å². The van der Waals surface area contributed by atoms with Gasteiger partial charge in [-0.1, -0.05) is 12.1 Å². The van der Waals surface area contributed by atoms with E-state index in [4.69, 9.17) is 9.47 Å². The molecule has 122 valence electrons. The molecule has 0 radical (unpaired) electrons. The summed E-state index contributed by atoms with van der Waals surface area (Å²) in [6.07, 6.45) is 2.30. The first-order valence-corrected chi connectivity index (χ1v) is 7.94. The molecular formula is C17H24FNO3. The van der Waals surface area contributed by atoms with Crippen LogP contribution in [0.15, 0.2) is 24.3 Å². The highest BCUT2D eigenvalue weighted by Gasteiger charge is 2.21. The zero-order valence-electron chi connectivity index (χ0n) is 13.1. The number of ether oxygens (including phenoxy) is 2. The van der Waals surface area contributed by atoms with Gasteiger partial charge in [0.25, 0.3) is 0 Å². The topological polar surface area (TPSA) is 38.8 Å². The van der Waals surface area contributed by atoms with Gasteiger partial charge in [0.2, 0.25) is 0 Å². The van der Waals surface area contributed by atoms with E-state index in [0.717, 1.165) is 38.0 Å². The lowest BCUT2D eigenvalue weighted by atomic mass is 10.1. The van der Waals surface area contributed by atoms with Crippen LogP contribution in [0.5, 0.6) is 0 Å². The lowest BCUT2D eigenvalue weighted by Gasteiger charge is -2.33. The summed E-state index contributed by atoms with van der Waals surface area (Å²) < 4.78 is 23.7. The van der Waals surface area contributed by atoms with Crippen molar-refractivity contribution in [2.24, 2.45) is 0 Å². The van der Waals surface area contributed by atoms with Gasteiger partial charge in [-0.15, -0.1) is 0 Å². The first kappa shape index (κ1) is 16.9. The Kier molecular flexibility index (Phi) is 6.80. The second kappa shape index (κ2) is 8.86. The molecule has 1 heterocycles. The minimum atomic E-state index is -0.226. The fourth-order valence-electron chi connectivity index (χ4n) is 2.62. The molecule has 1 fully saturated rings. The number of carbonyl (C=O) groups excluding carboxylic acids is 1. The molecule has 5 heteroatoms. The number of benzene rings is 1. The standard InChI is InChI=1S/C17H24FNO3/c1-2-21-17(20)5-3-4-10-19-11-12-22-16(13-19)14-6-8-15(18)9-7-14/h6-9,16H,2-5,10-13H2,1H3/t16-/m1/s1. The molecule has 1 aromatic carbocycles. The Balaban J connectivity index is 1.72. The van der Waals surface area contributed by atoms with Crippen molar-refractivity contribution in [1.82, 2.24) is 4.90 Å². The number of hydrogen-bond donors (Lipinski definition) is 0. The van der Waals surface area contributed by atoms with E-state index < -0.39 is 0 Å². The Labute approximate surface area is 131 Å². The van der Waals surface area contributed by atoms with Gasteiger partial charge in [-0.3, -0.25) is 9.69 Å². The van der Waals surface area contributed by atoms with Gasteiger partial charge >= 0.3 is 5.97 Å². The largest absolute Gasteiger partial charge is 0.466 e. The fraction of sp³-hybridized carbons (Fsp3) is 0.588. The first-order chi connectivity index (χ1) is 10.7. The maximum absolute atomic E-state index is 13.0. The van der Waals surface area contributed by atoms with E-state index in [1.54, 1.807) is 12.1 Å². The monoisotopic (exact) mass is 309 g/mol. The van der Waals surface area contributed by atoms with E-state index in [1.165, 1.54) is 12.1 Å². The van der Waals surface area contributed by atoms with Gasteiger partial charge < -0.3 is 9.47 Å². The molecule has 0 unspecified atom stereocenters.